The number of halogens is 3. The van der Waals surface area contributed by atoms with E-state index >= 15 is 0 Å². The van der Waals surface area contributed by atoms with Crippen LogP contribution >= 0.6 is 11.6 Å². The average Bonchev–Trinajstić information content (AvgIpc) is 3.18. The van der Waals surface area contributed by atoms with Gasteiger partial charge in [-0.15, -0.1) is 0 Å². The van der Waals surface area contributed by atoms with Crippen LogP contribution in [0.1, 0.15) is 16.1 Å². The number of hydrogen-bond donors (Lipinski definition) is 1. The summed E-state index contributed by atoms with van der Waals surface area (Å²) in [7, 11) is 0. The molecule has 1 N–H and O–H groups in total. The number of nitriles is 1. The highest BCUT2D eigenvalue weighted by atomic mass is 35.5. The fourth-order valence-electron chi connectivity index (χ4n) is 2.95. The van der Waals surface area contributed by atoms with Crippen molar-refractivity contribution >= 4 is 23.3 Å². The van der Waals surface area contributed by atoms with E-state index in [2.05, 4.69) is 15.4 Å². The summed E-state index contributed by atoms with van der Waals surface area (Å²) in [6, 6.07) is 17.3. The molecule has 0 radical (unpaired) electrons. The van der Waals surface area contributed by atoms with Crippen LogP contribution in [-0.4, -0.2) is 20.7 Å². The summed E-state index contributed by atoms with van der Waals surface area (Å²) < 4.78 is 28.7. The standard InChI is InChI=1S/C22H12ClF2N5O/c23-18-7-6-13(21-19(25)9-14(24)12-27-21)8-17(18)22(31)28-20-10-15(11-26)29-30(20)16-4-2-1-3-5-16/h1-10,12H,(H,28,31). The third-order valence-corrected chi connectivity index (χ3v) is 4.69. The summed E-state index contributed by atoms with van der Waals surface area (Å²) in [5, 5.41) is 16.2. The highest BCUT2D eigenvalue weighted by molar-refractivity contribution is 6.34. The molecule has 4 rings (SSSR count). The Morgan fingerprint density at radius 2 is 1.87 bits per heavy atom. The molecule has 31 heavy (non-hydrogen) atoms. The minimum atomic E-state index is -0.866. The normalized spacial score (nSPS) is 10.5. The molecule has 0 fully saturated rings. The zero-order valence-corrected chi connectivity index (χ0v) is 16.4. The summed E-state index contributed by atoms with van der Waals surface area (Å²) >= 11 is 6.19. The number of carbonyl (C=O) groups is 1. The van der Waals surface area contributed by atoms with Crippen molar-refractivity contribution in [2.24, 2.45) is 0 Å². The molecule has 152 valence electrons. The molecule has 0 saturated carbocycles. The van der Waals surface area contributed by atoms with Crippen LogP contribution in [-0.2, 0) is 0 Å². The minimum absolute atomic E-state index is 0.0454. The van der Waals surface area contributed by atoms with Crippen molar-refractivity contribution < 1.29 is 13.6 Å². The van der Waals surface area contributed by atoms with Gasteiger partial charge < -0.3 is 5.32 Å². The van der Waals surface area contributed by atoms with Crippen LogP contribution in [0.2, 0.25) is 5.02 Å². The van der Waals surface area contributed by atoms with Gasteiger partial charge in [-0.2, -0.15) is 10.4 Å². The zero-order valence-electron chi connectivity index (χ0n) is 15.7. The van der Waals surface area contributed by atoms with E-state index in [1.54, 1.807) is 24.3 Å². The Bertz CT molecular complexity index is 1330. The fourth-order valence-corrected chi connectivity index (χ4v) is 3.15. The number of pyridine rings is 1. The van der Waals surface area contributed by atoms with E-state index in [1.165, 1.54) is 28.9 Å². The number of carbonyl (C=O) groups excluding carboxylic acids is 1. The van der Waals surface area contributed by atoms with Crippen LogP contribution in [0.5, 0.6) is 0 Å². The second kappa shape index (κ2) is 8.34. The third kappa shape index (κ3) is 4.13. The first-order valence-electron chi connectivity index (χ1n) is 8.94. The van der Waals surface area contributed by atoms with Crippen LogP contribution in [0.3, 0.4) is 0 Å². The molecule has 1 amide bonds. The SMILES string of the molecule is N#Cc1cc(NC(=O)c2cc(-c3ncc(F)cc3F)ccc2Cl)n(-c2ccccc2)n1. The number of hydrogen-bond acceptors (Lipinski definition) is 4. The number of amides is 1. The van der Waals surface area contributed by atoms with Crippen LogP contribution in [0.25, 0.3) is 16.9 Å². The molecule has 0 aliphatic carbocycles. The van der Waals surface area contributed by atoms with Crippen molar-refractivity contribution in [2.75, 3.05) is 5.32 Å². The lowest BCUT2D eigenvalue weighted by molar-refractivity contribution is 0.102. The molecule has 2 aromatic heterocycles. The predicted molar refractivity (Wildman–Crippen MR) is 111 cm³/mol. The van der Waals surface area contributed by atoms with E-state index in [-0.39, 0.29) is 33.4 Å². The maximum atomic E-state index is 14.1. The van der Waals surface area contributed by atoms with Crippen molar-refractivity contribution in [3.8, 4) is 23.0 Å². The summed E-state index contributed by atoms with van der Waals surface area (Å²) in [5.74, 6) is -2.03. The van der Waals surface area contributed by atoms with Gasteiger partial charge in [0, 0.05) is 17.7 Å². The van der Waals surface area contributed by atoms with Gasteiger partial charge in [-0.3, -0.25) is 9.78 Å². The number of anilines is 1. The molecule has 0 saturated heterocycles. The van der Waals surface area contributed by atoms with Crippen LogP contribution in [0.15, 0.2) is 66.9 Å². The summed E-state index contributed by atoms with van der Waals surface area (Å²) in [5.41, 5.74) is 0.923. The summed E-state index contributed by atoms with van der Waals surface area (Å²) in [6.07, 6.45) is 0.884. The molecule has 0 unspecified atom stereocenters. The molecular weight excluding hydrogens is 424 g/mol. The molecule has 0 spiro atoms. The van der Waals surface area contributed by atoms with E-state index in [0.717, 1.165) is 6.20 Å². The van der Waals surface area contributed by atoms with Crippen molar-refractivity contribution in [1.29, 1.82) is 5.26 Å². The van der Waals surface area contributed by atoms with Gasteiger partial charge in [-0.05, 0) is 24.3 Å². The lowest BCUT2D eigenvalue weighted by Crippen LogP contribution is -2.15. The Hall–Kier alpha value is -4.09. The minimum Gasteiger partial charge on any atom is -0.306 e. The second-order valence-electron chi connectivity index (χ2n) is 6.41. The lowest BCUT2D eigenvalue weighted by Gasteiger charge is -2.11. The Morgan fingerprint density at radius 3 is 2.58 bits per heavy atom. The monoisotopic (exact) mass is 435 g/mol. The molecule has 0 aliphatic rings. The Balaban J connectivity index is 1.70. The number of nitrogens with one attached hydrogen (secondary N) is 1. The zero-order chi connectivity index (χ0) is 22.0. The van der Waals surface area contributed by atoms with Crippen LogP contribution < -0.4 is 5.32 Å². The first-order chi connectivity index (χ1) is 15.0. The number of nitrogens with zero attached hydrogens (tertiary/aromatic N) is 4. The maximum absolute atomic E-state index is 14.1. The van der Waals surface area contributed by atoms with E-state index in [0.29, 0.717) is 11.8 Å². The molecule has 0 aliphatic heterocycles. The maximum Gasteiger partial charge on any atom is 0.258 e. The molecule has 6 nitrogen and oxygen atoms in total. The van der Waals surface area contributed by atoms with Crippen molar-refractivity contribution in [3.63, 3.8) is 0 Å². The first kappa shape index (κ1) is 20.2. The first-order valence-corrected chi connectivity index (χ1v) is 9.32. The Morgan fingerprint density at radius 1 is 1.10 bits per heavy atom. The highest BCUT2D eigenvalue weighted by Crippen LogP contribution is 2.27. The van der Waals surface area contributed by atoms with Crippen molar-refractivity contribution in [1.82, 2.24) is 14.8 Å². The van der Waals surface area contributed by atoms with Gasteiger partial charge >= 0.3 is 0 Å². The average molecular weight is 436 g/mol. The number of benzene rings is 2. The van der Waals surface area contributed by atoms with Gasteiger partial charge in [0.2, 0.25) is 0 Å². The van der Waals surface area contributed by atoms with Gasteiger partial charge in [0.15, 0.2) is 11.5 Å². The van der Waals surface area contributed by atoms with E-state index in [9.17, 15) is 18.8 Å². The largest absolute Gasteiger partial charge is 0.306 e. The molecule has 2 heterocycles. The molecule has 4 aromatic rings. The number of para-hydroxylation sites is 1. The predicted octanol–water partition coefficient (Wildman–Crippen LogP) is 4.99. The topological polar surface area (TPSA) is 83.6 Å². The molecule has 0 atom stereocenters. The molecule has 9 heteroatoms. The number of aromatic nitrogens is 3. The van der Waals surface area contributed by atoms with Gasteiger partial charge in [-0.1, -0.05) is 35.9 Å². The van der Waals surface area contributed by atoms with E-state index < -0.39 is 17.5 Å². The van der Waals surface area contributed by atoms with E-state index in [1.807, 2.05) is 12.1 Å². The van der Waals surface area contributed by atoms with Crippen molar-refractivity contribution in [2.45, 2.75) is 0 Å². The van der Waals surface area contributed by atoms with Gasteiger partial charge in [-0.25, -0.2) is 13.5 Å². The quantitative estimate of drug-likeness (QED) is 0.489. The smallest absolute Gasteiger partial charge is 0.258 e. The Kier molecular flexibility index (Phi) is 5.43. The lowest BCUT2D eigenvalue weighted by atomic mass is 10.1. The van der Waals surface area contributed by atoms with Gasteiger partial charge in [0.05, 0.1) is 22.5 Å². The van der Waals surface area contributed by atoms with Gasteiger partial charge in [0.1, 0.15) is 23.4 Å². The van der Waals surface area contributed by atoms with Crippen LogP contribution in [0.4, 0.5) is 14.6 Å². The van der Waals surface area contributed by atoms with Crippen molar-refractivity contribution in [3.05, 3.63) is 94.8 Å². The summed E-state index contributed by atoms with van der Waals surface area (Å²) in [4.78, 5) is 16.7. The van der Waals surface area contributed by atoms with E-state index in [4.69, 9.17) is 11.6 Å². The third-order valence-electron chi connectivity index (χ3n) is 4.36. The van der Waals surface area contributed by atoms with Crippen LogP contribution in [0, 0.1) is 23.0 Å². The Labute approximate surface area is 180 Å². The summed E-state index contributed by atoms with van der Waals surface area (Å²) in [6.45, 7) is 0. The number of rotatable bonds is 4. The van der Waals surface area contributed by atoms with Gasteiger partial charge in [0.25, 0.3) is 5.91 Å². The second-order valence-corrected chi connectivity index (χ2v) is 6.81. The molecule has 0 bridgehead atoms. The molecular formula is C22H12ClF2N5O. The highest BCUT2D eigenvalue weighted by Gasteiger charge is 2.18. The fraction of sp³-hybridized carbons (Fsp3) is 0. The molecule has 2 aromatic carbocycles.